The van der Waals surface area contributed by atoms with E-state index in [1.54, 1.807) is 6.07 Å². The van der Waals surface area contributed by atoms with Crippen LogP contribution in [0, 0.1) is 0 Å². The van der Waals surface area contributed by atoms with Gasteiger partial charge in [-0.2, -0.15) is 0 Å². The Balaban J connectivity index is 3.38. The van der Waals surface area contributed by atoms with Gasteiger partial charge in [-0.25, -0.2) is 4.79 Å². The number of aromatic hydroxyl groups is 1. The van der Waals surface area contributed by atoms with Crippen LogP contribution in [0.5, 0.6) is 5.75 Å². The van der Waals surface area contributed by atoms with Crippen LogP contribution in [0.15, 0.2) is 12.1 Å². The highest BCUT2D eigenvalue weighted by atomic mass is 35.5. The summed E-state index contributed by atoms with van der Waals surface area (Å²) in [5, 5.41) is 18.5. The maximum atomic E-state index is 10.9. The summed E-state index contributed by atoms with van der Waals surface area (Å²) in [5.41, 5.74) is 1.23. The molecule has 0 spiro atoms. The fraction of sp³-hybridized carbons (Fsp3) is 0.364. The highest BCUT2D eigenvalue weighted by molar-refractivity contribution is 6.17. The van der Waals surface area contributed by atoms with Crippen molar-refractivity contribution >= 4 is 17.6 Å². The van der Waals surface area contributed by atoms with Gasteiger partial charge in [-0.15, -0.1) is 11.6 Å². The van der Waals surface area contributed by atoms with Crippen molar-refractivity contribution in [1.82, 2.24) is 0 Å². The van der Waals surface area contributed by atoms with Gasteiger partial charge in [0.05, 0.1) is 5.88 Å². The maximum Gasteiger partial charge on any atom is 0.339 e. The standard InChI is InChI=1S/C11H13ClO3/c1-6(2)7-3-8(5-12)10(13)9(4-7)11(14)15/h3-4,6,13H,5H2,1-2H3,(H,14,15). The van der Waals surface area contributed by atoms with Crippen molar-refractivity contribution in [1.29, 1.82) is 0 Å². The molecule has 0 saturated heterocycles. The van der Waals surface area contributed by atoms with E-state index in [0.717, 1.165) is 5.56 Å². The lowest BCUT2D eigenvalue weighted by molar-refractivity contribution is 0.0693. The average molecular weight is 229 g/mol. The molecule has 0 aliphatic heterocycles. The van der Waals surface area contributed by atoms with E-state index >= 15 is 0 Å². The number of halogens is 1. The molecule has 0 fully saturated rings. The number of benzene rings is 1. The number of hydrogen-bond acceptors (Lipinski definition) is 2. The summed E-state index contributed by atoms with van der Waals surface area (Å²) in [5.74, 6) is -1.07. The SMILES string of the molecule is CC(C)c1cc(CCl)c(O)c(C(=O)O)c1. The average Bonchev–Trinajstić information content (AvgIpc) is 2.17. The molecule has 1 rings (SSSR count). The molecular weight excluding hydrogens is 216 g/mol. The van der Waals surface area contributed by atoms with E-state index in [9.17, 15) is 9.90 Å². The van der Waals surface area contributed by atoms with E-state index in [1.807, 2.05) is 13.8 Å². The van der Waals surface area contributed by atoms with E-state index in [1.165, 1.54) is 6.07 Å². The zero-order chi connectivity index (χ0) is 11.6. The molecular formula is C11H13ClO3. The molecule has 0 aliphatic carbocycles. The van der Waals surface area contributed by atoms with Crippen LogP contribution in [0.3, 0.4) is 0 Å². The predicted octanol–water partition coefficient (Wildman–Crippen LogP) is 2.95. The molecule has 0 aliphatic rings. The highest BCUT2D eigenvalue weighted by Crippen LogP contribution is 2.29. The molecule has 4 heteroatoms. The van der Waals surface area contributed by atoms with Gasteiger partial charge in [0.15, 0.2) is 0 Å². The monoisotopic (exact) mass is 228 g/mol. The first-order valence-electron chi connectivity index (χ1n) is 4.62. The number of carboxylic acids is 1. The number of phenols is 1. The lowest BCUT2D eigenvalue weighted by Gasteiger charge is -2.11. The molecule has 0 aromatic heterocycles. The van der Waals surface area contributed by atoms with Crippen LogP contribution in [-0.4, -0.2) is 16.2 Å². The summed E-state index contributed by atoms with van der Waals surface area (Å²) in [6.07, 6.45) is 0. The number of hydrogen-bond donors (Lipinski definition) is 2. The van der Waals surface area contributed by atoms with Gasteiger partial charge in [0.2, 0.25) is 0 Å². The van der Waals surface area contributed by atoms with Crippen LogP contribution in [-0.2, 0) is 5.88 Å². The number of aromatic carboxylic acids is 1. The number of rotatable bonds is 3. The van der Waals surface area contributed by atoms with Gasteiger partial charge in [0.1, 0.15) is 11.3 Å². The Bertz CT molecular complexity index is 386. The fourth-order valence-corrected chi connectivity index (χ4v) is 1.52. The van der Waals surface area contributed by atoms with Gasteiger partial charge in [-0.3, -0.25) is 0 Å². The molecule has 0 heterocycles. The van der Waals surface area contributed by atoms with Crippen molar-refractivity contribution in [2.45, 2.75) is 25.6 Å². The van der Waals surface area contributed by atoms with Crippen molar-refractivity contribution in [2.75, 3.05) is 0 Å². The van der Waals surface area contributed by atoms with Crippen LogP contribution in [0.25, 0.3) is 0 Å². The molecule has 0 radical (unpaired) electrons. The second-order valence-electron chi connectivity index (χ2n) is 3.67. The Hall–Kier alpha value is -1.22. The first-order valence-corrected chi connectivity index (χ1v) is 5.15. The lowest BCUT2D eigenvalue weighted by Crippen LogP contribution is -2.01. The van der Waals surface area contributed by atoms with Crippen molar-refractivity contribution in [3.8, 4) is 5.75 Å². The quantitative estimate of drug-likeness (QED) is 0.782. The molecule has 0 saturated carbocycles. The second-order valence-corrected chi connectivity index (χ2v) is 3.94. The third-order valence-corrected chi connectivity index (χ3v) is 2.54. The van der Waals surface area contributed by atoms with Crippen molar-refractivity contribution in [3.05, 3.63) is 28.8 Å². The second kappa shape index (κ2) is 4.53. The molecule has 1 aromatic rings. The third kappa shape index (κ3) is 2.42. The summed E-state index contributed by atoms with van der Waals surface area (Å²) >= 11 is 5.63. The third-order valence-electron chi connectivity index (χ3n) is 2.25. The Morgan fingerprint density at radius 3 is 2.47 bits per heavy atom. The molecule has 1 aromatic carbocycles. The van der Waals surface area contributed by atoms with E-state index in [4.69, 9.17) is 16.7 Å². The Labute approximate surface area is 93.3 Å². The molecule has 0 unspecified atom stereocenters. The zero-order valence-electron chi connectivity index (χ0n) is 8.62. The van der Waals surface area contributed by atoms with Crippen molar-refractivity contribution in [2.24, 2.45) is 0 Å². The number of carboxylic acid groups (broad SMARTS) is 1. The first kappa shape index (κ1) is 11.9. The van der Waals surface area contributed by atoms with Gasteiger partial charge in [0, 0.05) is 5.56 Å². The minimum absolute atomic E-state index is 0.0862. The normalized spacial score (nSPS) is 10.7. The number of alkyl halides is 1. The topological polar surface area (TPSA) is 57.5 Å². The summed E-state index contributed by atoms with van der Waals surface area (Å²) in [7, 11) is 0. The molecule has 0 amide bonds. The molecule has 15 heavy (non-hydrogen) atoms. The van der Waals surface area contributed by atoms with Gasteiger partial charge >= 0.3 is 5.97 Å². The first-order chi connectivity index (χ1) is 6.97. The summed E-state index contributed by atoms with van der Waals surface area (Å²) in [6.45, 7) is 3.91. The van der Waals surface area contributed by atoms with Crippen LogP contribution in [0.4, 0.5) is 0 Å². The Morgan fingerprint density at radius 1 is 1.47 bits per heavy atom. The van der Waals surface area contributed by atoms with Crippen LogP contribution in [0.2, 0.25) is 0 Å². The van der Waals surface area contributed by atoms with E-state index < -0.39 is 5.97 Å². The minimum Gasteiger partial charge on any atom is -0.507 e. The molecule has 0 atom stereocenters. The fourth-order valence-electron chi connectivity index (χ4n) is 1.32. The summed E-state index contributed by atoms with van der Waals surface area (Å²) in [6, 6.07) is 3.22. The molecule has 2 N–H and O–H groups in total. The largest absolute Gasteiger partial charge is 0.507 e. The van der Waals surface area contributed by atoms with Crippen LogP contribution >= 0.6 is 11.6 Å². The smallest absolute Gasteiger partial charge is 0.339 e. The van der Waals surface area contributed by atoms with Crippen LogP contribution < -0.4 is 0 Å². The highest BCUT2D eigenvalue weighted by Gasteiger charge is 2.15. The van der Waals surface area contributed by atoms with E-state index in [0.29, 0.717) is 5.56 Å². The lowest BCUT2D eigenvalue weighted by atomic mass is 9.97. The zero-order valence-corrected chi connectivity index (χ0v) is 9.38. The van der Waals surface area contributed by atoms with Gasteiger partial charge in [-0.05, 0) is 17.5 Å². The van der Waals surface area contributed by atoms with E-state index in [-0.39, 0.29) is 23.1 Å². The van der Waals surface area contributed by atoms with Crippen molar-refractivity contribution < 1.29 is 15.0 Å². The van der Waals surface area contributed by atoms with Gasteiger partial charge in [0.25, 0.3) is 0 Å². The predicted molar refractivity (Wildman–Crippen MR) is 58.7 cm³/mol. The number of carbonyl (C=O) groups is 1. The Morgan fingerprint density at radius 2 is 2.07 bits per heavy atom. The van der Waals surface area contributed by atoms with Crippen LogP contribution in [0.1, 0.15) is 41.3 Å². The van der Waals surface area contributed by atoms with Gasteiger partial charge < -0.3 is 10.2 Å². The summed E-state index contributed by atoms with van der Waals surface area (Å²) < 4.78 is 0. The Kier molecular flexibility index (Phi) is 3.58. The van der Waals surface area contributed by atoms with Gasteiger partial charge in [-0.1, -0.05) is 19.9 Å². The van der Waals surface area contributed by atoms with E-state index in [2.05, 4.69) is 0 Å². The molecule has 82 valence electrons. The molecule has 0 bridgehead atoms. The summed E-state index contributed by atoms with van der Waals surface area (Å²) in [4.78, 5) is 10.9. The minimum atomic E-state index is -1.14. The maximum absolute atomic E-state index is 10.9. The molecule has 3 nitrogen and oxygen atoms in total. The van der Waals surface area contributed by atoms with Crippen molar-refractivity contribution in [3.63, 3.8) is 0 Å².